The van der Waals surface area contributed by atoms with Gasteiger partial charge in [-0.3, -0.25) is 29.6 Å². The zero-order chi connectivity index (χ0) is 63.9. The minimum Gasteiger partial charge on any atom is -0.380 e. The first kappa shape index (κ1) is 66.4. The highest BCUT2D eigenvalue weighted by atomic mass is 35.5. The number of likely N-dealkylation sites (tertiary alicyclic amines) is 1. The van der Waals surface area contributed by atoms with Crippen molar-refractivity contribution in [2.24, 2.45) is 11.3 Å². The summed E-state index contributed by atoms with van der Waals surface area (Å²) in [5.41, 5.74) is 2.21. The van der Waals surface area contributed by atoms with Crippen LogP contribution in [0.4, 0.5) is 35.0 Å². The van der Waals surface area contributed by atoms with Crippen molar-refractivity contribution in [3.63, 3.8) is 0 Å². The van der Waals surface area contributed by atoms with Crippen LogP contribution >= 0.6 is 23.4 Å². The molecule has 488 valence electrons. The third-order valence-electron chi connectivity index (χ3n) is 18.7. The van der Waals surface area contributed by atoms with Crippen LogP contribution in [-0.2, 0) is 42.4 Å². The predicted octanol–water partition coefficient (Wildman–Crippen LogP) is 10.4. The van der Waals surface area contributed by atoms with E-state index in [1.54, 1.807) is 17.0 Å². The van der Waals surface area contributed by atoms with E-state index in [0.717, 1.165) is 139 Å². The molecule has 5 aliphatic heterocycles. The molecule has 4 fully saturated rings. The maximum atomic E-state index is 14.4. The third kappa shape index (κ3) is 16.9. The fourth-order valence-electron chi connectivity index (χ4n) is 13.7. The van der Waals surface area contributed by atoms with E-state index in [2.05, 4.69) is 66.3 Å². The van der Waals surface area contributed by atoms with Gasteiger partial charge in [0.1, 0.15) is 4.90 Å². The lowest BCUT2D eigenvalue weighted by Gasteiger charge is -2.44. The summed E-state index contributed by atoms with van der Waals surface area (Å²) in [6, 6.07) is 31.9. The quantitative estimate of drug-likeness (QED) is 0.0589. The molecule has 0 saturated carbocycles. The highest BCUT2D eigenvalue weighted by Crippen LogP contribution is 2.45. The Bertz CT molecular complexity index is 3660. The highest BCUT2D eigenvalue weighted by Gasteiger charge is 2.49. The van der Waals surface area contributed by atoms with Crippen LogP contribution in [0.15, 0.2) is 136 Å². The summed E-state index contributed by atoms with van der Waals surface area (Å²) in [5, 5.41) is 6.17. The number of nitrogens with one attached hydrogen (secondary N) is 3. The van der Waals surface area contributed by atoms with Crippen molar-refractivity contribution in [2.45, 2.75) is 97.5 Å². The Morgan fingerprint density at radius 1 is 0.769 bits per heavy atom. The topological polar surface area (TPSA) is 184 Å². The number of hydrogen-bond acceptors (Lipinski definition) is 15. The Morgan fingerprint density at radius 2 is 1.52 bits per heavy atom. The number of nitrogens with zero attached hydrogens (tertiary/aromatic N) is 6. The number of urea groups is 1. The van der Waals surface area contributed by atoms with E-state index in [9.17, 15) is 44.4 Å². The number of anilines is 3. The van der Waals surface area contributed by atoms with Gasteiger partial charge in [0.2, 0.25) is 5.91 Å². The summed E-state index contributed by atoms with van der Waals surface area (Å²) in [6.07, 6.45) is 7.86. The number of thioether (sulfide) groups is 1. The van der Waals surface area contributed by atoms with Gasteiger partial charge in [-0.1, -0.05) is 60.5 Å². The zero-order valence-electron chi connectivity index (χ0n) is 51.4. The van der Waals surface area contributed by atoms with Gasteiger partial charge in [0.25, 0.3) is 25.8 Å². The van der Waals surface area contributed by atoms with E-state index in [0.29, 0.717) is 81.5 Å². The molecule has 91 heavy (non-hydrogen) atoms. The number of alkyl halides is 3. The Labute approximate surface area is 542 Å². The summed E-state index contributed by atoms with van der Waals surface area (Å²) >= 11 is 7.84. The maximum Gasteiger partial charge on any atom is 0.501 e. The monoisotopic (exact) mass is 1330 g/mol. The molecule has 2 atom stereocenters. The number of carbonyl (C=O) groups is 3. The van der Waals surface area contributed by atoms with Gasteiger partial charge >= 0.3 is 11.5 Å². The molecule has 3 N–H and O–H groups in total. The lowest BCUT2D eigenvalue weighted by molar-refractivity contribution is -0.120. The van der Waals surface area contributed by atoms with Gasteiger partial charge in [0, 0.05) is 137 Å². The number of fused-ring (bicyclic) bond motifs is 1. The number of imide groups is 1. The molecule has 0 radical (unpaired) electrons. The number of piperidine rings is 1. The van der Waals surface area contributed by atoms with Gasteiger partial charge in [0.15, 0.2) is 0 Å². The van der Waals surface area contributed by atoms with Crippen molar-refractivity contribution in [3.05, 3.63) is 148 Å². The number of rotatable bonds is 21. The molecular formula is C67H81ClF3N9O8S3. The van der Waals surface area contributed by atoms with Gasteiger partial charge in [-0.25, -0.2) is 26.4 Å². The van der Waals surface area contributed by atoms with E-state index < -0.39 is 52.8 Å². The van der Waals surface area contributed by atoms with E-state index in [1.807, 2.05) is 53.3 Å². The molecule has 0 unspecified atom stereocenters. The van der Waals surface area contributed by atoms with Crippen LogP contribution in [-0.4, -0.2) is 176 Å². The second-order valence-corrected chi connectivity index (χ2v) is 30.5. The number of halogens is 4. The maximum absolute atomic E-state index is 14.4. The first-order valence-electron chi connectivity index (χ1n) is 31.6. The number of sulfone groups is 1. The van der Waals surface area contributed by atoms with E-state index >= 15 is 0 Å². The summed E-state index contributed by atoms with van der Waals surface area (Å²) in [5.74, 6) is -0.299. The molecule has 24 heteroatoms. The number of carbonyl (C=O) groups excluding carboxylic acids is 3. The number of piperazine rings is 1. The van der Waals surface area contributed by atoms with Crippen molar-refractivity contribution < 1.29 is 49.1 Å². The molecule has 0 bridgehead atoms. The molecule has 11 rings (SSSR count). The zero-order valence-corrected chi connectivity index (χ0v) is 54.6. The number of ether oxygens (including phenoxy) is 1. The van der Waals surface area contributed by atoms with Gasteiger partial charge in [-0.15, -0.1) is 11.8 Å². The van der Waals surface area contributed by atoms with Crippen LogP contribution < -0.4 is 25.2 Å². The molecule has 5 heterocycles. The largest absolute Gasteiger partial charge is 0.501 e. The van der Waals surface area contributed by atoms with Crippen LogP contribution in [0.25, 0.3) is 5.57 Å². The summed E-state index contributed by atoms with van der Waals surface area (Å²) in [4.78, 5) is 50.7. The first-order valence-corrected chi connectivity index (χ1v) is 36.0. The minimum absolute atomic E-state index is 0.0131. The standard InChI is InChI=1S/C67H81ClF3N9O8S3/c1-66(47-77-28-21-48(22-29-77)43-78-30-23-49-10-17-57(40-52(49)44-78)80-32-25-63(81)73-65(80)83)26-20-60(50-8-13-54(68)14-9-50)53(42-66)45-76-33-35-79(36-34-76)56-15-11-51(12-16-56)64(82)74-91(86,87)59-18-19-61(62(41-59)90(84,85)67(69,70)71)72-55(46-89-58-6-3-2-4-7-58)24-31-75-27-5-38-88-39-37-75/h2-4,6-19,40-41,48,55,72H,5,20-39,42-47H2,1H3,(H,74,82)(H,73,81,83)/t55-,66-/m1/s1. The number of benzene rings is 5. The molecule has 5 aromatic carbocycles. The molecule has 5 aromatic rings. The summed E-state index contributed by atoms with van der Waals surface area (Å²) in [6.45, 7) is 15.9. The molecule has 0 aromatic heterocycles. The van der Waals surface area contributed by atoms with Crippen LogP contribution in [0.3, 0.4) is 0 Å². The highest BCUT2D eigenvalue weighted by molar-refractivity contribution is 7.99. The second-order valence-electron chi connectivity index (χ2n) is 25.4. The van der Waals surface area contributed by atoms with E-state index in [-0.39, 0.29) is 22.9 Å². The lowest BCUT2D eigenvalue weighted by atomic mass is 9.71. The van der Waals surface area contributed by atoms with Crippen molar-refractivity contribution >= 4 is 83.7 Å². The van der Waals surface area contributed by atoms with Crippen molar-refractivity contribution in [1.29, 1.82) is 0 Å². The second kappa shape index (κ2) is 29.1. The molecular weight excluding hydrogens is 1250 g/mol. The van der Waals surface area contributed by atoms with Gasteiger partial charge in [-0.05, 0) is 177 Å². The average Bonchev–Trinajstić information content (AvgIpc) is 0.887. The van der Waals surface area contributed by atoms with Gasteiger partial charge in [0.05, 0.1) is 17.2 Å². The van der Waals surface area contributed by atoms with Gasteiger partial charge in [-0.2, -0.15) is 13.2 Å². The molecule has 17 nitrogen and oxygen atoms in total. The summed E-state index contributed by atoms with van der Waals surface area (Å²) in [7, 11) is -11.0. The van der Waals surface area contributed by atoms with Crippen LogP contribution in [0.5, 0.6) is 0 Å². The Morgan fingerprint density at radius 3 is 2.25 bits per heavy atom. The Balaban J connectivity index is 0.690. The van der Waals surface area contributed by atoms with Crippen molar-refractivity contribution in [2.75, 3.05) is 126 Å². The normalized spacial score (nSPS) is 21.1. The van der Waals surface area contributed by atoms with Crippen molar-refractivity contribution in [3.8, 4) is 0 Å². The van der Waals surface area contributed by atoms with E-state index in [1.165, 1.54) is 51.7 Å². The minimum atomic E-state index is -6.09. The lowest BCUT2D eigenvalue weighted by Crippen LogP contribution is -2.49. The van der Waals surface area contributed by atoms with Crippen LogP contribution in [0, 0.1) is 11.3 Å². The molecule has 0 spiro atoms. The van der Waals surface area contributed by atoms with Gasteiger partial charge < -0.3 is 24.8 Å². The van der Waals surface area contributed by atoms with Crippen molar-refractivity contribution in [1.82, 2.24) is 29.6 Å². The Hall–Kier alpha value is -6.02. The fourth-order valence-corrected chi connectivity index (χ4v) is 16.8. The smallest absolute Gasteiger partial charge is 0.380 e. The number of sulfonamides is 1. The third-order valence-corrected chi connectivity index (χ3v) is 23.0. The molecule has 4 amide bonds. The number of allylic oxidation sites excluding steroid dienone is 1. The first-order chi connectivity index (χ1) is 43.6. The summed E-state index contributed by atoms with van der Waals surface area (Å²) < 4.78 is 105. The number of amides is 4. The average molecular weight is 1330 g/mol. The predicted molar refractivity (Wildman–Crippen MR) is 351 cm³/mol. The van der Waals surface area contributed by atoms with E-state index in [4.69, 9.17) is 16.3 Å². The number of hydrogen-bond donors (Lipinski definition) is 3. The molecule has 6 aliphatic rings. The Kier molecular flexibility index (Phi) is 21.2. The van der Waals surface area contributed by atoms with Crippen LogP contribution in [0.2, 0.25) is 5.02 Å². The molecule has 1 aliphatic carbocycles. The fraction of sp³-hybridized carbons (Fsp3) is 0.478. The molecule has 4 saturated heterocycles. The SMILES string of the molecule is C[C@@]1(CN2CCC(CN3CCc4ccc(N5CCC(=O)NC5=O)cc4C3)CC2)CCC(c2ccc(Cl)cc2)=C(CN2CCN(c3ccc(C(=O)NS(=O)(=O)c4ccc(N[C@H](CCN5CCCOCC5)CSc5ccccc5)c(S(=O)(=O)C(F)(F)F)c4)cc3)CC2)C1. The van der Waals surface area contributed by atoms with Crippen LogP contribution in [0.1, 0.15) is 85.3 Å².